The van der Waals surface area contributed by atoms with E-state index in [2.05, 4.69) is 33.2 Å². The van der Waals surface area contributed by atoms with E-state index in [-0.39, 0.29) is 41.2 Å². The van der Waals surface area contributed by atoms with Crippen molar-refractivity contribution in [2.24, 2.45) is 28.8 Å². The summed E-state index contributed by atoms with van der Waals surface area (Å²) >= 11 is 3.22. The van der Waals surface area contributed by atoms with E-state index in [0.717, 1.165) is 17.9 Å². The Labute approximate surface area is 179 Å². The van der Waals surface area contributed by atoms with E-state index < -0.39 is 4.92 Å². The number of hydrazone groups is 1. The zero-order valence-electron chi connectivity index (χ0n) is 15.6. The minimum Gasteiger partial charge on any atom is -0.455 e. The van der Waals surface area contributed by atoms with Gasteiger partial charge in [-0.3, -0.25) is 19.7 Å². The molecule has 152 valence electrons. The molecule has 2 heterocycles. The van der Waals surface area contributed by atoms with Crippen molar-refractivity contribution >= 4 is 39.6 Å². The van der Waals surface area contributed by atoms with Gasteiger partial charge < -0.3 is 4.42 Å². The Bertz CT molecular complexity index is 1110. The monoisotopic (exact) mass is 469 g/mol. The predicted octanol–water partition coefficient (Wildman–Crippen LogP) is 4.15. The SMILES string of the molecule is O=C1C2C3C=CC(CC3)C2C(=O)N1/N=C/c1ccc(-c2ccc(Br)cc2[N+](=O)[O-])o1. The molecule has 4 unspecified atom stereocenters. The molecule has 4 atom stereocenters. The van der Waals surface area contributed by atoms with Gasteiger partial charge in [0.15, 0.2) is 0 Å². The molecule has 2 fully saturated rings. The Morgan fingerprint density at radius 1 is 1.10 bits per heavy atom. The molecule has 3 aliphatic carbocycles. The first kappa shape index (κ1) is 18.9. The molecule has 1 aliphatic heterocycles. The highest BCUT2D eigenvalue weighted by Crippen LogP contribution is 2.49. The van der Waals surface area contributed by atoms with Gasteiger partial charge in [-0.05, 0) is 48.9 Å². The third-order valence-electron chi connectivity index (χ3n) is 6.09. The summed E-state index contributed by atoms with van der Waals surface area (Å²) in [4.78, 5) is 36.4. The van der Waals surface area contributed by atoms with Gasteiger partial charge in [0.2, 0.25) is 0 Å². The number of nitro benzene ring substituents is 1. The van der Waals surface area contributed by atoms with Crippen LogP contribution in [0, 0.1) is 33.8 Å². The number of allylic oxidation sites excluding steroid dienone is 2. The maximum absolute atomic E-state index is 12.8. The first-order valence-corrected chi connectivity index (χ1v) is 10.4. The normalized spacial score (nSPS) is 27.3. The molecule has 1 saturated carbocycles. The minimum atomic E-state index is -0.484. The van der Waals surface area contributed by atoms with Crippen LogP contribution in [0.25, 0.3) is 11.3 Å². The lowest BCUT2D eigenvalue weighted by Crippen LogP contribution is -2.38. The van der Waals surface area contributed by atoms with Crippen molar-refractivity contribution < 1.29 is 18.9 Å². The van der Waals surface area contributed by atoms with Crippen LogP contribution in [0.15, 0.2) is 56.5 Å². The van der Waals surface area contributed by atoms with Crippen molar-refractivity contribution in [3.63, 3.8) is 0 Å². The number of benzene rings is 1. The maximum Gasteiger partial charge on any atom is 0.281 e. The fourth-order valence-electron chi connectivity index (χ4n) is 4.72. The van der Waals surface area contributed by atoms with Gasteiger partial charge in [0, 0.05) is 10.5 Å². The molecule has 1 aromatic carbocycles. The average Bonchev–Trinajstić information content (AvgIpc) is 3.31. The van der Waals surface area contributed by atoms with Crippen LogP contribution in [0.2, 0.25) is 0 Å². The molecule has 2 aromatic rings. The van der Waals surface area contributed by atoms with E-state index in [1.165, 1.54) is 12.3 Å². The van der Waals surface area contributed by atoms with Crippen molar-refractivity contribution in [3.8, 4) is 11.3 Å². The Hall–Kier alpha value is -3.07. The molecule has 0 spiro atoms. The number of hydrogen-bond donors (Lipinski definition) is 0. The smallest absolute Gasteiger partial charge is 0.281 e. The number of rotatable bonds is 4. The summed E-state index contributed by atoms with van der Waals surface area (Å²) in [6.07, 6.45) is 7.25. The van der Waals surface area contributed by atoms with Crippen LogP contribution < -0.4 is 0 Å². The average molecular weight is 470 g/mol. The van der Waals surface area contributed by atoms with Gasteiger partial charge >= 0.3 is 0 Å². The van der Waals surface area contributed by atoms with E-state index in [4.69, 9.17) is 4.42 Å². The maximum atomic E-state index is 12.8. The largest absolute Gasteiger partial charge is 0.455 e. The van der Waals surface area contributed by atoms with Crippen LogP contribution in [0.5, 0.6) is 0 Å². The van der Waals surface area contributed by atoms with Gasteiger partial charge in [-0.15, -0.1) is 0 Å². The highest BCUT2D eigenvalue weighted by molar-refractivity contribution is 9.10. The van der Waals surface area contributed by atoms with Gasteiger partial charge in [0.05, 0.1) is 28.5 Å². The second-order valence-electron chi connectivity index (χ2n) is 7.69. The molecule has 0 radical (unpaired) electrons. The molecule has 2 bridgehead atoms. The highest BCUT2D eigenvalue weighted by atomic mass is 79.9. The minimum absolute atomic E-state index is 0.0980. The summed E-state index contributed by atoms with van der Waals surface area (Å²) in [7, 11) is 0. The van der Waals surface area contributed by atoms with Crippen LogP contribution in [0.4, 0.5) is 5.69 Å². The van der Waals surface area contributed by atoms with Gasteiger partial charge in [0.1, 0.15) is 11.5 Å². The molecule has 4 aliphatic rings. The summed E-state index contributed by atoms with van der Waals surface area (Å²) in [5.41, 5.74) is 0.226. The summed E-state index contributed by atoms with van der Waals surface area (Å²) in [5, 5.41) is 16.4. The number of hydrogen-bond acceptors (Lipinski definition) is 6. The summed E-state index contributed by atoms with van der Waals surface area (Å²) in [6, 6.07) is 7.85. The second-order valence-corrected chi connectivity index (χ2v) is 8.61. The summed E-state index contributed by atoms with van der Waals surface area (Å²) < 4.78 is 6.26. The highest BCUT2D eigenvalue weighted by Gasteiger charge is 2.56. The van der Waals surface area contributed by atoms with E-state index in [9.17, 15) is 19.7 Å². The van der Waals surface area contributed by atoms with E-state index >= 15 is 0 Å². The standard InChI is InChI=1S/C21H16BrN3O5/c22-13-5-7-15(16(9-13)25(28)29)17-8-6-14(30-17)10-23-24-20(26)18-11-1-2-12(4-3-11)19(18)21(24)27/h1-2,5-12,18-19H,3-4H2/b23-10+. The molecule has 2 amide bonds. The lowest BCUT2D eigenvalue weighted by Gasteiger charge is -2.37. The van der Waals surface area contributed by atoms with Crippen molar-refractivity contribution in [3.05, 3.63) is 62.8 Å². The number of nitrogens with zero attached hydrogens (tertiary/aromatic N) is 3. The third kappa shape index (κ3) is 2.92. The zero-order valence-corrected chi connectivity index (χ0v) is 17.2. The molecule has 1 saturated heterocycles. The molecule has 0 N–H and O–H groups in total. The zero-order chi connectivity index (χ0) is 21.0. The quantitative estimate of drug-likeness (QED) is 0.220. The van der Waals surface area contributed by atoms with Crippen molar-refractivity contribution in [1.82, 2.24) is 5.01 Å². The topological polar surface area (TPSA) is 106 Å². The molecular weight excluding hydrogens is 454 g/mol. The van der Waals surface area contributed by atoms with Crippen molar-refractivity contribution in [2.75, 3.05) is 0 Å². The van der Waals surface area contributed by atoms with E-state index in [1.807, 2.05) is 0 Å². The van der Waals surface area contributed by atoms with Crippen LogP contribution in [-0.2, 0) is 9.59 Å². The first-order valence-electron chi connectivity index (χ1n) is 9.58. The van der Waals surface area contributed by atoms with Crippen LogP contribution >= 0.6 is 15.9 Å². The van der Waals surface area contributed by atoms with E-state index in [0.29, 0.717) is 21.6 Å². The number of carbonyl (C=O) groups is 2. The van der Waals surface area contributed by atoms with Crippen LogP contribution in [0.3, 0.4) is 0 Å². The summed E-state index contributed by atoms with van der Waals surface area (Å²) in [6.45, 7) is 0. The van der Waals surface area contributed by atoms with Crippen LogP contribution in [-0.4, -0.2) is 28.0 Å². The van der Waals surface area contributed by atoms with Crippen molar-refractivity contribution in [2.45, 2.75) is 12.8 Å². The number of fused-ring (bicyclic) bond motifs is 1. The predicted molar refractivity (Wildman–Crippen MR) is 110 cm³/mol. The fourth-order valence-corrected chi connectivity index (χ4v) is 5.07. The Kier molecular flexibility index (Phi) is 4.43. The second kappa shape index (κ2) is 7.02. The number of nitro groups is 1. The molecule has 30 heavy (non-hydrogen) atoms. The number of amides is 2. The lowest BCUT2D eigenvalue weighted by atomic mass is 9.63. The Balaban J connectivity index is 1.40. The third-order valence-corrected chi connectivity index (χ3v) is 6.58. The molecule has 9 heteroatoms. The number of furan rings is 1. The van der Waals surface area contributed by atoms with Gasteiger partial charge in [-0.25, -0.2) is 0 Å². The molecule has 6 rings (SSSR count). The first-order chi connectivity index (χ1) is 14.4. The Morgan fingerprint density at radius 2 is 1.77 bits per heavy atom. The summed E-state index contributed by atoms with van der Waals surface area (Å²) in [5.74, 6) is -0.391. The molecule has 1 aromatic heterocycles. The van der Waals surface area contributed by atoms with Gasteiger partial charge in [0.25, 0.3) is 17.5 Å². The van der Waals surface area contributed by atoms with Gasteiger partial charge in [-0.2, -0.15) is 10.1 Å². The van der Waals surface area contributed by atoms with E-state index in [1.54, 1.807) is 24.3 Å². The molecule has 8 nitrogen and oxygen atoms in total. The van der Waals surface area contributed by atoms with Gasteiger partial charge in [-0.1, -0.05) is 28.1 Å². The number of halogens is 1. The fraction of sp³-hybridized carbons (Fsp3) is 0.286. The molecular formula is C21H16BrN3O5. The van der Waals surface area contributed by atoms with Crippen LogP contribution in [0.1, 0.15) is 18.6 Å². The Morgan fingerprint density at radius 3 is 2.37 bits per heavy atom. The van der Waals surface area contributed by atoms with Crippen molar-refractivity contribution in [1.29, 1.82) is 0 Å². The number of imide groups is 1. The number of carbonyl (C=O) groups excluding carboxylic acids is 2. The lowest BCUT2D eigenvalue weighted by molar-refractivity contribution is -0.384.